The number of nitrogens with zero attached hydrogens (tertiary/aromatic N) is 5. The van der Waals surface area contributed by atoms with E-state index in [2.05, 4.69) is 15.3 Å². The van der Waals surface area contributed by atoms with Gasteiger partial charge in [-0.2, -0.15) is 5.10 Å². The van der Waals surface area contributed by atoms with Crippen molar-refractivity contribution in [2.24, 2.45) is 7.05 Å². The number of rotatable bonds is 7. The molecule has 1 aliphatic rings. The Morgan fingerprint density at radius 1 is 1.16 bits per heavy atom. The molecular formula is C22H26N6O3. The molecule has 0 atom stereocenters. The number of benzene rings is 1. The molecule has 162 valence electrons. The van der Waals surface area contributed by atoms with Crippen LogP contribution in [0, 0.1) is 10.1 Å². The van der Waals surface area contributed by atoms with Crippen molar-refractivity contribution in [1.29, 1.82) is 0 Å². The topological polar surface area (TPSA) is 98.2 Å². The van der Waals surface area contributed by atoms with Crippen molar-refractivity contribution in [2.75, 3.05) is 26.2 Å². The minimum absolute atomic E-state index is 0.00824. The Labute approximate surface area is 180 Å². The van der Waals surface area contributed by atoms with Crippen LogP contribution in [0.4, 0.5) is 5.69 Å². The van der Waals surface area contributed by atoms with E-state index in [1.165, 1.54) is 31.4 Å². The highest BCUT2D eigenvalue weighted by Gasteiger charge is 2.19. The van der Waals surface area contributed by atoms with E-state index in [0.717, 1.165) is 25.3 Å². The Bertz CT molecular complexity index is 1060. The largest absolute Gasteiger partial charge is 0.349 e. The first kappa shape index (κ1) is 20.8. The molecule has 4 rings (SSSR count). The molecule has 0 aliphatic carbocycles. The standard InChI is InChI=1S/C22H26N6O3/c1-25-12-5-6-20(25)19-16-21(22(29)23-11-15-26-13-3-2-4-14-26)27(24-19)17-7-9-18(10-8-17)28(30)31/h5-10,12,16H,2-4,11,13-15H2,1H3,(H,23,29). The molecule has 1 fully saturated rings. The molecule has 0 radical (unpaired) electrons. The number of aromatic nitrogens is 3. The van der Waals surface area contributed by atoms with E-state index in [0.29, 0.717) is 23.6 Å². The molecule has 9 heteroatoms. The predicted octanol–water partition coefficient (Wildman–Crippen LogP) is 3.00. The van der Waals surface area contributed by atoms with Gasteiger partial charge in [0.15, 0.2) is 0 Å². The molecule has 1 N–H and O–H groups in total. The summed E-state index contributed by atoms with van der Waals surface area (Å²) in [5.74, 6) is -0.219. The number of hydrogen-bond donors (Lipinski definition) is 1. The third-order valence-electron chi connectivity index (χ3n) is 5.62. The van der Waals surface area contributed by atoms with E-state index in [4.69, 9.17) is 0 Å². The molecule has 0 unspecified atom stereocenters. The Kier molecular flexibility index (Phi) is 6.13. The van der Waals surface area contributed by atoms with Crippen LogP contribution in [-0.4, -0.2) is 56.3 Å². The van der Waals surface area contributed by atoms with E-state index in [9.17, 15) is 14.9 Å². The van der Waals surface area contributed by atoms with Crippen molar-refractivity contribution in [1.82, 2.24) is 24.6 Å². The molecular weight excluding hydrogens is 396 g/mol. The highest BCUT2D eigenvalue weighted by molar-refractivity contribution is 5.94. The summed E-state index contributed by atoms with van der Waals surface area (Å²) in [6.07, 6.45) is 5.61. The van der Waals surface area contributed by atoms with Gasteiger partial charge in [-0.25, -0.2) is 4.68 Å². The Hall–Kier alpha value is -3.46. The number of likely N-dealkylation sites (tertiary alicyclic amines) is 1. The van der Waals surface area contributed by atoms with Crippen molar-refractivity contribution >= 4 is 11.6 Å². The fourth-order valence-electron chi connectivity index (χ4n) is 3.91. The smallest absolute Gasteiger partial charge is 0.270 e. The van der Waals surface area contributed by atoms with Gasteiger partial charge >= 0.3 is 0 Å². The summed E-state index contributed by atoms with van der Waals surface area (Å²) in [7, 11) is 1.92. The van der Waals surface area contributed by atoms with Crippen LogP contribution in [0.2, 0.25) is 0 Å². The third kappa shape index (κ3) is 4.66. The normalized spacial score (nSPS) is 14.5. The number of nitrogens with one attached hydrogen (secondary N) is 1. The summed E-state index contributed by atoms with van der Waals surface area (Å²) >= 11 is 0. The second kappa shape index (κ2) is 9.13. The lowest BCUT2D eigenvalue weighted by Gasteiger charge is -2.26. The van der Waals surface area contributed by atoms with Gasteiger partial charge in [0.1, 0.15) is 11.4 Å². The average Bonchev–Trinajstić information content (AvgIpc) is 3.41. The summed E-state index contributed by atoms with van der Waals surface area (Å²) in [6.45, 7) is 3.54. The first-order valence-electron chi connectivity index (χ1n) is 10.5. The van der Waals surface area contributed by atoms with E-state index in [1.54, 1.807) is 22.9 Å². The SMILES string of the molecule is Cn1cccc1-c1cc(C(=O)NCCN2CCCCC2)n(-c2ccc([N+](=O)[O-])cc2)n1. The lowest BCUT2D eigenvalue weighted by molar-refractivity contribution is -0.384. The second-order valence-electron chi connectivity index (χ2n) is 7.76. The number of nitro groups is 1. The summed E-state index contributed by atoms with van der Waals surface area (Å²) in [5.41, 5.74) is 2.51. The second-order valence-corrected chi connectivity index (χ2v) is 7.76. The highest BCUT2D eigenvalue weighted by atomic mass is 16.6. The zero-order valence-corrected chi connectivity index (χ0v) is 17.5. The van der Waals surface area contributed by atoms with Crippen LogP contribution in [0.3, 0.4) is 0 Å². The molecule has 9 nitrogen and oxygen atoms in total. The van der Waals surface area contributed by atoms with Crippen LogP contribution in [0.15, 0.2) is 48.7 Å². The van der Waals surface area contributed by atoms with Crippen LogP contribution in [0.25, 0.3) is 17.1 Å². The van der Waals surface area contributed by atoms with Crippen molar-refractivity contribution in [3.63, 3.8) is 0 Å². The average molecular weight is 422 g/mol. The minimum Gasteiger partial charge on any atom is -0.349 e. The monoisotopic (exact) mass is 422 g/mol. The number of hydrogen-bond acceptors (Lipinski definition) is 5. The summed E-state index contributed by atoms with van der Waals surface area (Å²) in [5, 5.41) is 18.6. The highest BCUT2D eigenvalue weighted by Crippen LogP contribution is 2.23. The van der Waals surface area contributed by atoms with Crippen LogP contribution in [0.1, 0.15) is 29.8 Å². The van der Waals surface area contributed by atoms with E-state index >= 15 is 0 Å². The first-order valence-corrected chi connectivity index (χ1v) is 10.5. The van der Waals surface area contributed by atoms with Gasteiger partial charge in [0.25, 0.3) is 11.6 Å². The molecule has 3 heterocycles. The number of non-ortho nitro benzene ring substituents is 1. The molecule has 3 aromatic rings. The maximum Gasteiger partial charge on any atom is 0.270 e. The summed E-state index contributed by atoms with van der Waals surface area (Å²) < 4.78 is 3.48. The molecule has 1 amide bonds. The van der Waals surface area contributed by atoms with Crippen molar-refractivity contribution < 1.29 is 9.72 Å². The predicted molar refractivity (Wildman–Crippen MR) is 117 cm³/mol. The van der Waals surface area contributed by atoms with Gasteiger partial charge < -0.3 is 14.8 Å². The van der Waals surface area contributed by atoms with Crippen LogP contribution < -0.4 is 5.32 Å². The fraction of sp³-hybridized carbons (Fsp3) is 0.364. The van der Waals surface area contributed by atoms with Crippen molar-refractivity contribution in [2.45, 2.75) is 19.3 Å². The number of aryl methyl sites for hydroxylation is 1. The Morgan fingerprint density at radius 2 is 1.90 bits per heavy atom. The maximum atomic E-state index is 13.0. The summed E-state index contributed by atoms with van der Waals surface area (Å²) in [6, 6.07) is 11.6. The van der Waals surface area contributed by atoms with E-state index in [1.807, 2.05) is 29.9 Å². The lowest BCUT2D eigenvalue weighted by atomic mass is 10.1. The van der Waals surface area contributed by atoms with Crippen molar-refractivity contribution in [3.8, 4) is 17.1 Å². The molecule has 1 saturated heterocycles. The van der Waals surface area contributed by atoms with E-state index < -0.39 is 4.92 Å². The number of nitro benzene ring substituents is 1. The van der Waals surface area contributed by atoms with E-state index in [-0.39, 0.29) is 11.6 Å². The van der Waals surface area contributed by atoms with Crippen LogP contribution in [0.5, 0.6) is 0 Å². The first-order chi connectivity index (χ1) is 15.0. The van der Waals surface area contributed by atoms with Gasteiger partial charge in [-0.3, -0.25) is 14.9 Å². The molecule has 2 aromatic heterocycles. The molecule has 31 heavy (non-hydrogen) atoms. The lowest BCUT2D eigenvalue weighted by Crippen LogP contribution is -2.38. The number of carbonyl (C=O) groups is 1. The van der Waals surface area contributed by atoms with Gasteiger partial charge in [-0.1, -0.05) is 6.42 Å². The zero-order chi connectivity index (χ0) is 21.8. The van der Waals surface area contributed by atoms with Gasteiger partial charge in [0, 0.05) is 38.5 Å². The van der Waals surface area contributed by atoms with Gasteiger partial charge in [0.2, 0.25) is 0 Å². The third-order valence-corrected chi connectivity index (χ3v) is 5.62. The minimum atomic E-state index is -0.448. The van der Waals surface area contributed by atoms with Crippen molar-refractivity contribution in [3.05, 3.63) is 64.5 Å². The van der Waals surface area contributed by atoms with Gasteiger partial charge in [0.05, 0.1) is 16.3 Å². The van der Waals surface area contributed by atoms with Crippen LogP contribution in [-0.2, 0) is 7.05 Å². The molecule has 1 aliphatic heterocycles. The maximum absolute atomic E-state index is 13.0. The number of amides is 1. The number of piperidine rings is 1. The zero-order valence-electron chi connectivity index (χ0n) is 17.5. The fourth-order valence-corrected chi connectivity index (χ4v) is 3.91. The number of carbonyl (C=O) groups excluding carboxylic acids is 1. The van der Waals surface area contributed by atoms with Crippen LogP contribution >= 0.6 is 0 Å². The summed E-state index contributed by atoms with van der Waals surface area (Å²) in [4.78, 5) is 25.9. The van der Waals surface area contributed by atoms with Gasteiger partial charge in [-0.05, 0) is 56.3 Å². The van der Waals surface area contributed by atoms with Gasteiger partial charge in [-0.15, -0.1) is 0 Å². The quantitative estimate of drug-likeness (QED) is 0.466. The Balaban J connectivity index is 1.58. The molecule has 1 aromatic carbocycles. The molecule has 0 saturated carbocycles. The Morgan fingerprint density at radius 3 is 2.55 bits per heavy atom. The molecule has 0 spiro atoms. The molecule has 0 bridgehead atoms.